The fourth-order valence-electron chi connectivity index (χ4n) is 2.18. The van der Waals surface area contributed by atoms with Crippen molar-refractivity contribution in [2.45, 2.75) is 0 Å². The van der Waals surface area contributed by atoms with Gasteiger partial charge in [0.2, 0.25) is 5.91 Å². The monoisotopic (exact) mass is 391 g/mol. The molecule has 1 N–H and O–H groups in total. The van der Waals surface area contributed by atoms with Crippen molar-refractivity contribution in [1.29, 1.82) is 0 Å². The Hall–Kier alpha value is -3.19. The molecular formula is C19H15ClFNO5. The van der Waals surface area contributed by atoms with Crippen molar-refractivity contribution in [3.8, 4) is 0 Å². The van der Waals surface area contributed by atoms with E-state index in [4.69, 9.17) is 11.6 Å². The number of ether oxygens (including phenoxy) is 2. The van der Waals surface area contributed by atoms with Crippen molar-refractivity contribution in [3.63, 3.8) is 0 Å². The highest BCUT2D eigenvalue weighted by atomic mass is 35.5. The molecule has 0 heterocycles. The van der Waals surface area contributed by atoms with Crippen LogP contribution in [0.4, 0.5) is 10.1 Å². The zero-order chi connectivity index (χ0) is 20.0. The van der Waals surface area contributed by atoms with Gasteiger partial charge >= 0.3 is 11.9 Å². The third-order valence-electron chi connectivity index (χ3n) is 3.50. The summed E-state index contributed by atoms with van der Waals surface area (Å²) in [4.78, 5) is 35.7. The second-order valence-corrected chi connectivity index (χ2v) is 5.61. The van der Waals surface area contributed by atoms with Gasteiger partial charge in [-0.25, -0.2) is 14.0 Å². The number of amides is 1. The molecule has 2 aromatic rings. The van der Waals surface area contributed by atoms with Gasteiger partial charge in [0.1, 0.15) is 5.82 Å². The number of carbonyl (C=O) groups is 3. The molecule has 6 nitrogen and oxygen atoms in total. The number of nitrogens with one attached hydrogen (secondary N) is 1. The molecule has 0 unspecified atom stereocenters. The van der Waals surface area contributed by atoms with Gasteiger partial charge in [-0.3, -0.25) is 4.79 Å². The zero-order valence-electron chi connectivity index (χ0n) is 14.4. The molecule has 8 heteroatoms. The van der Waals surface area contributed by atoms with Crippen LogP contribution >= 0.6 is 11.6 Å². The molecule has 140 valence electrons. The molecule has 0 radical (unpaired) electrons. The summed E-state index contributed by atoms with van der Waals surface area (Å²) >= 11 is 5.89. The summed E-state index contributed by atoms with van der Waals surface area (Å²) in [6.45, 7) is 0. The Labute approximate surface area is 159 Å². The van der Waals surface area contributed by atoms with Crippen LogP contribution in [0.3, 0.4) is 0 Å². The van der Waals surface area contributed by atoms with Crippen LogP contribution in [0, 0.1) is 5.82 Å². The maximum Gasteiger partial charge on any atom is 0.339 e. The third-order valence-corrected chi connectivity index (χ3v) is 3.83. The second-order valence-electron chi connectivity index (χ2n) is 5.20. The van der Waals surface area contributed by atoms with Gasteiger partial charge in [0.25, 0.3) is 0 Å². The van der Waals surface area contributed by atoms with Crippen molar-refractivity contribution in [3.05, 3.63) is 70.0 Å². The minimum Gasteiger partial charge on any atom is -0.465 e. The molecular weight excluding hydrogens is 377 g/mol. The summed E-state index contributed by atoms with van der Waals surface area (Å²) in [5.74, 6) is -2.60. The molecule has 0 atom stereocenters. The van der Waals surface area contributed by atoms with E-state index in [1.165, 1.54) is 56.7 Å². The van der Waals surface area contributed by atoms with Gasteiger partial charge < -0.3 is 14.8 Å². The van der Waals surface area contributed by atoms with Gasteiger partial charge in [-0.15, -0.1) is 0 Å². The van der Waals surface area contributed by atoms with Crippen molar-refractivity contribution < 1.29 is 28.2 Å². The van der Waals surface area contributed by atoms with Gasteiger partial charge in [0.15, 0.2) is 0 Å². The number of esters is 2. The molecule has 27 heavy (non-hydrogen) atoms. The van der Waals surface area contributed by atoms with Crippen molar-refractivity contribution in [1.82, 2.24) is 0 Å². The lowest BCUT2D eigenvalue weighted by molar-refractivity contribution is -0.111. The molecule has 0 aliphatic carbocycles. The van der Waals surface area contributed by atoms with Crippen LogP contribution in [0.15, 0.2) is 42.5 Å². The first-order valence-electron chi connectivity index (χ1n) is 7.61. The predicted molar refractivity (Wildman–Crippen MR) is 98.2 cm³/mol. The van der Waals surface area contributed by atoms with E-state index in [0.717, 1.165) is 6.08 Å². The Morgan fingerprint density at radius 1 is 1.07 bits per heavy atom. The Balaban J connectivity index is 2.31. The van der Waals surface area contributed by atoms with E-state index >= 15 is 0 Å². The molecule has 0 aromatic heterocycles. The lowest BCUT2D eigenvalue weighted by Gasteiger charge is -2.10. The van der Waals surface area contributed by atoms with E-state index in [0.29, 0.717) is 0 Å². The van der Waals surface area contributed by atoms with Crippen molar-refractivity contribution in [2.24, 2.45) is 0 Å². The SMILES string of the molecule is COC(=O)c1ccc(C(=O)OC)c(NC(=O)C=Cc2c(F)cccc2Cl)c1. The van der Waals surface area contributed by atoms with Crippen LogP contribution in [0.5, 0.6) is 0 Å². The fraction of sp³-hybridized carbons (Fsp3) is 0.105. The van der Waals surface area contributed by atoms with Gasteiger partial charge in [-0.2, -0.15) is 0 Å². The molecule has 2 rings (SSSR count). The first-order valence-corrected chi connectivity index (χ1v) is 7.99. The number of rotatable bonds is 5. The summed E-state index contributed by atoms with van der Waals surface area (Å²) in [6.07, 6.45) is 2.26. The molecule has 0 saturated heterocycles. The smallest absolute Gasteiger partial charge is 0.339 e. The molecule has 1 amide bonds. The van der Waals surface area contributed by atoms with Gasteiger partial charge in [-0.05, 0) is 36.4 Å². The minimum atomic E-state index is -0.706. The zero-order valence-corrected chi connectivity index (χ0v) is 15.2. The largest absolute Gasteiger partial charge is 0.465 e. The number of anilines is 1. The third kappa shape index (κ3) is 4.92. The Morgan fingerprint density at radius 2 is 1.78 bits per heavy atom. The number of hydrogen-bond donors (Lipinski definition) is 1. The van der Waals surface area contributed by atoms with Crippen LogP contribution in [-0.2, 0) is 14.3 Å². The molecule has 2 aromatic carbocycles. The van der Waals surface area contributed by atoms with Crippen LogP contribution in [0.1, 0.15) is 26.3 Å². The molecule has 0 saturated carbocycles. The summed E-state index contributed by atoms with van der Waals surface area (Å²) in [5, 5.41) is 2.60. The van der Waals surface area contributed by atoms with Crippen LogP contribution in [0.25, 0.3) is 6.08 Å². The van der Waals surface area contributed by atoms with Crippen molar-refractivity contribution in [2.75, 3.05) is 19.5 Å². The maximum atomic E-state index is 13.7. The number of hydrogen-bond acceptors (Lipinski definition) is 5. The first kappa shape index (κ1) is 20.1. The predicted octanol–water partition coefficient (Wildman–Crippen LogP) is 3.70. The van der Waals surface area contributed by atoms with E-state index in [1.807, 2.05) is 0 Å². The number of halogens is 2. The molecule has 0 bridgehead atoms. The van der Waals surface area contributed by atoms with Gasteiger partial charge in [-0.1, -0.05) is 17.7 Å². The first-order chi connectivity index (χ1) is 12.9. The fourth-order valence-corrected chi connectivity index (χ4v) is 2.41. The lowest BCUT2D eigenvalue weighted by Crippen LogP contribution is -2.14. The standard InChI is InChI=1S/C19H15ClFNO5/c1-26-18(24)11-6-7-13(19(25)27-2)16(10-11)22-17(23)9-8-12-14(20)4-3-5-15(12)21/h3-10H,1-2H3,(H,22,23). The van der Waals surface area contributed by atoms with Crippen LogP contribution < -0.4 is 5.32 Å². The summed E-state index contributed by atoms with van der Waals surface area (Å²) in [6, 6.07) is 8.10. The Bertz CT molecular complexity index is 906. The van der Waals surface area contributed by atoms with Crippen molar-refractivity contribution >= 4 is 41.2 Å². The van der Waals surface area contributed by atoms with E-state index in [9.17, 15) is 18.8 Å². The molecule has 0 fully saturated rings. The number of carbonyl (C=O) groups excluding carboxylic acids is 3. The van der Waals surface area contributed by atoms with Crippen LogP contribution in [0.2, 0.25) is 5.02 Å². The van der Waals surface area contributed by atoms with E-state index < -0.39 is 23.7 Å². The molecule has 0 aliphatic rings. The quantitative estimate of drug-likeness (QED) is 0.620. The topological polar surface area (TPSA) is 81.7 Å². The van der Waals surface area contributed by atoms with E-state index in [-0.39, 0.29) is 27.4 Å². The lowest BCUT2D eigenvalue weighted by atomic mass is 10.1. The highest BCUT2D eigenvalue weighted by Crippen LogP contribution is 2.22. The number of methoxy groups -OCH3 is 2. The molecule has 0 spiro atoms. The van der Waals surface area contributed by atoms with Gasteiger partial charge in [0, 0.05) is 11.6 Å². The number of benzene rings is 2. The van der Waals surface area contributed by atoms with Crippen LogP contribution in [-0.4, -0.2) is 32.1 Å². The summed E-state index contributed by atoms with van der Waals surface area (Å²) < 4.78 is 23.0. The Kier molecular flexibility index (Phi) is 6.67. The minimum absolute atomic E-state index is 0.0378. The Morgan fingerprint density at radius 3 is 2.41 bits per heavy atom. The highest BCUT2D eigenvalue weighted by molar-refractivity contribution is 6.32. The van der Waals surface area contributed by atoms with Gasteiger partial charge in [0.05, 0.1) is 36.1 Å². The second kappa shape index (κ2) is 8.95. The van der Waals surface area contributed by atoms with E-state index in [1.54, 1.807) is 0 Å². The average Bonchev–Trinajstić information content (AvgIpc) is 2.66. The normalized spacial score (nSPS) is 10.5. The summed E-state index contributed by atoms with van der Waals surface area (Å²) in [7, 11) is 2.39. The average molecular weight is 392 g/mol. The maximum absolute atomic E-state index is 13.7. The summed E-state index contributed by atoms with van der Waals surface area (Å²) in [5.41, 5.74) is 0.252. The molecule has 0 aliphatic heterocycles. The van der Waals surface area contributed by atoms with E-state index in [2.05, 4.69) is 14.8 Å². The highest BCUT2D eigenvalue weighted by Gasteiger charge is 2.17.